The Kier molecular flexibility index (Phi) is 32.2. The van der Waals surface area contributed by atoms with Gasteiger partial charge in [0, 0.05) is 12.8 Å². The molecule has 0 saturated carbocycles. The van der Waals surface area contributed by atoms with Gasteiger partial charge in [-0.3, -0.25) is 23.4 Å². The number of phosphoric ester groups is 1. The van der Waals surface area contributed by atoms with Gasteiger partial charge in [0.1, 0.15) is 12.6 Å². The summed E-state index contributed by atoms with van der Waals surface area (Å²) in [5.41, 5.74) is 5.31. The molecule has 0 radical (unpaired) electrons. The van der Waals surface area contributed by atoms with Gasteiger partial charge in [-0.15, -0.1) is 0 Å². The molecule has 1 unspecified atom stereocenters. The number of unbranched alkanes of at least 4 members (excludes halogenated alkanes) is 20. The molecule has 0 bridgehead atoms. The molecular weight excluding hydrogens is 649 g/mol. The minimum absolute atomic E-state index is 0.161. The SMILES string of the molecule is CCCCCCCCCCC/C=C/CCCCC(=O)OC[C@@H](COP(=O)(O)OC[C@@H](N)C(=O)O)OC(=O)CCCCCCCCCCCC. The van der Waals surface area contributed by atoms with E-state index < -0.39 is 51.1 Å². The van der Waals surface area contributed by atoms with Crippen LogP contribution >= 0.6 is 7.82 Å². The smallest absolute Gasteiger partial charge is 0.472 e. The van der Waals surface area contributed by atoms with Gasteiger partial charge in [0.25, 0.3) is 0 Å². The Morgan fingerprint density at radius 1 is 0.612 bits per heavy atom. The van der Waals surface area contributed by atoms with E-state index in [0.717, 1.165) is 38.5 Å². The van der Waals surface area contributed by atoms with Crippen molar-refractivity contribution < 1.29 is 47.5 Å². The van der Waals surface area contributed by atoms with Crippen molar-refractivity contribution >= 4 is 25.7 Å². The van der Waals surface area contributed by atoms with Crippen molar-refractivity contribution in [3.63, 3.8) is 0 Å². The quantitative estimate of drug-likeness (QED) is 0.0244. The molecule has 0 rings (SSSR count). The van der Waals surface area contributed by atoms with Crippen molar-refractivity contribution in [3.8, 4) is 0 Å². The number of nitrogens with two attached hydrogens (primary N) is 1. The Balaban J connectivity index is 4.42. The zero-order chi connectivity index (χ0) is 36.4. The van der Waals surface area contributed by atoms with E-state index >= 15 is 0 Å². The molecule has 0 spiro atoms. The number of esters is 2. The summed E-state index contributed by atoms with van der Waals surface area (Å²) in [7, 11) is -4.70. The Morgan fingerprint density at radius 3 is 1.53 bits per heavy atom. The number of rotatable bonds is 36. The lowest BCUT2D eigenvalue weighted by Crippen LogP contribution is -2.34. The third kappa shape index (κ3) is 33.1. The first-order chi connectivity index (χ1) is 23.6. The number of carboxylic acid groups (broad SMARTS) is 1. The van der Waals surface area contributed by atoms with Crippen molar-refractivity contribution in [2.45, 2.75) is 187 Å². The van der Waals surface area contributed by atoms with Crippen molar-refractivity contribution in [1.82, 2.24) is 0 Å². The van der Waals surface area contributed by atoms with Gasteiger partial charge in [0.2, 0.25) is 0 Å². The topological polar surface area (TPSA) is 172 Å². The fraction of sp³-hybridized carbons (Fsp3) is 0.865. The van der Waals surface area contributed by atoms with Crippen molar-refractivity contribution in [2.75, 3.05) is 19.8 Å². The van der Waals surface area contributed by atoms with Crippen molar-refractivity contribution in [1.29, 1.82) is 0 Å². The van der Waals surface area contributed by atoms with Gasteiger partial charge in [-0.05, 0) is 38.5 Å². The van der Waals surface area contributed by atoms with Crippen LogP contribution in [-0.2, 0) is 37.5 Å². The maximum atomic E-state index is 12.5. The zero-order valence-electron chi connectivity index (χ0n) is 30.8. The second kappa shape index (κ2) is 33.4. The van der Waals surface area contributed by atoms with E-state index in [2.05, 4.69) is 30.5 Å². The first-order valence-electron chi connectivity index (χ1n) is 19.2. The molecule has 12 heteroatoms. The summed E-state index contributed by atoms with van der Waals surface area (Å²) >= 11 is 0. The molecule has 0 fully saturated rings. The van der Waals surface area contributed by atoms with Gasteiger partial charge in [0.15, 0.2) is 6.10 Å². The van der Waals surface area contributed by atoms with Crippen LogP contribution in [0.15, 0.2) is 12.2 Å². The normalized spacial score (nSPS) is 14.0. The molecular formula is C37H70NO10P. The first-order valence-corrected chi connectivity index (χ1v) is 20.7. The number of hydrogen-bond acceptors (Lipinski definition) is 9. The van der Waals surface area contributed by atoms with E-state index in [4.69, 9.17) is 24.8 Å². The molecule has 0 aliphatic rings. The number of ether oxygens (including phenoxy) is 2. The molecule has 288 valence electrons. The van der Waals surface area contributed by atoms with Crippen LogP contribution in [0, 0.1) is 0 Å². The zero-order valence-corrected chi connectivity index (χ0v) is 31.7. The second-order valence-electron chi connectivity index (χ2n) is 13.1. The van der Waals surface area contributed by atoms with Gasteiger partial charge in [-0.25, -0.2) is 4.57 Å². The van der Waals surface area contributed by atoms with Crippen LogP contribution in [0.5, 0.6) is 0 Å². The molecule has 4 N–H and O–H groups in total. The van der Waals surface area contributed by atoms with E-state index in [9.17, 15) is 23.8 Å². The summed E-state index contributed by atoms with van der Waals surface area (Å²) in [4.78, 5) is 45.6. The summed E-state index contributed by atoms with van der Waals surface area (Å²) in [5.74, 6) is -2.40. The van der Waals surface area contributed by atoms with Crippen LogP contribution in [0.25, 0.3) is 0 Å². The molecule has 0 aromatic rings. The van der Waals surface area contributed by atoms with Crippen LogP contribution in [0.2, 0.25) is 0 Å². The predicted molar refractivity (Wildman–Crippen MR) is 194 cm³/mol. The van der Waals surface area contributed by atoms with Crippen LogP contribution in [0.1, 0.15) is 174 Å². The number of hydrogen-bond donors (Lipinski definition) is 3. The maximum Gasteiger partial charge on any atom is 0.472 e. The Labute approximate surface area is 297 Å². The van der Waals surface area contributed by atoms with Crippen LogP contribution in [-0.4, -0.2) is 59.9 Å². The molecule has 0 aliphatic carbocycles. The fourth-order valence-corrected chi connectivity index (χ4v) is 5.95. The fourth-order valence-electron chi connectivity index (χ4n) is 5.18. The average molecular weight is 720 g/mol. The van der Waals surface area contributed by atoms with E-state index in [0.29, 0.717) is 12.8 Å². The molecule has 0 aromatic heterocycles. The molecule has 0 heterocycles. The van der Waals surface area contributed by atoms with Gasteiger partial charge in [-0.2, -0.15) is 0 Å². The summed E-state index contributed by atoms with van der Waals surface area (Å²) < 4.78 is 32.5. The molecule has 0 amide bonds. The van der Waals surface area contributed by atoms with E-state index in [-0.39, 0.29) is 19.4 Å². The van der Waals surface area contributed by atoms with Gasteiger partial charge in [0.05, 0.1) is 13.2 Å². The van der Waals surface area contributed by atoms with Crippen LogP contribution in [0.4, 0.5) is 0 Å². The predicted octanol–water partition coefficient (Wildman–Crippen LogP) is 9.34. The summed E-state index contributed by atoms with van der Waals surface area (Å²) in [6.45, 7) is 2.75. The van der Waals surface area contributed by atoms with E-state index in [1.807, 2.05) is 0 Å². The lowest BCUT2D eigenvalue weighted by atomic mass is 10.1. The highest BCUT2D eigenvalue weighted by Gasteiger charge is 2.28. The molecule has 0 aromatic carbocycles. The largest absolute Gasteiger partial charge is 0.480 e. The number of carbonyl (C=O) groups is 3. The molecule has 11 nitrogen and oxygen atoms in total. The lowest BCUT2D eigenvalue weighted by molar-refractivity contribution is -0.161. The third-order valence-electron chi connectivity index (χ3n) is 8.26. The Bertz CT molecular complexity index is 900. The lowest BCUT2D eigenvalue weighted by Gasteiger charge is -2.20. The maximum absolute atomic E-state index is 12.5. The summed E-state index contributed by atoms with van der Waals surface area (Å²) in [5, 5.41) is 8.85. The number of allylic oxidation sites excluding steroid dienone is 2. The highest BCUT2D eigenvalue weighted by atomic mass is 31.2. The van der Waals surface area contributed by atoms with E-state index in [1.165, 1.54) is 96.3 Å². The minimum atomic E-state index is -4.70. The van der Waals surface area contributed by atoms with Crippen LogP contribution in [0.3, 0.4) is 0 Å². The monoisotopic (exact) mass is 719 g/mol. The molecule has 3 atom stereocenters. The van der Waals surface area contributed by atoms with Crippen LogP contribution < -0.4 is 5.73 Å². The summed E-state index contributed by atoms with van der Waals surface area (Å²) in [6, 6.07) is -1.52. The minimum Gasteiger partial charge on any atom is -0.480 e. The highest BCUT2D eigenvalue weighted by molar-refractivity contribution is 7.47. The third-order valence-corrected chi connectivity index (χ3v) is 9.21. The first kappa shape index (κ1) is 47.2. The average Bonchev–Trinajstić information content (AvgIpc) is 3.07. The van der Waals surface area contributed by atoms with Gasteiger partial charge >= 0.3 is 25.7 Å². The number of phosphoric acid groups is 1. The van der Waals surface area contributed by atoms with Crippen molar-refractivity contribution in [2.24, 2.45) is 5.73 Å². The van der Waals surface area contributed by atoms with Crippen molar-refractivity contribution in [3.05, 3.63) is 12.2 Å². The standard InChI is InChI=1S/C37H70NO10P/c1-3-5-7-9-11-13-15-16-17-18-19-21-22-24-26-28-35(39)45-30-33(31-46-49(43,44)47-32-34(38)37(41)42)48-36(40)29-27-25-23-20-14-12-10-8-6-4-2/h19,21,33-34H,3-18,20,22-32,38H2,1-2H3,(H,41,42)(H,43,44)/b21-19+/t33-,34+/m0/s1. The van der Waals surface area contributed by atoms with E-state index in [1.54, 1.807) is 0 Å². The second-order valence-corrected chi connectivity index (χ2v) is 14.5. The Hall–Kier alpha value is -1.78. The number of carbonyl (C=O) groups excluding carboxylic acids is 2. The molecule has 0 saturated heterocycles. The Morgan fingerprint density at radius 2 is 1.02 bits per heavy atom. The molecule has 0 aliphatic heterocycles. The number of carboxylic acids is 1. The van der Waals surface area contributed by atoms with Gasteiger partial charge in [-0.1, -0.05) is 135 Å². The number of aliphatic carboxylic acids is 1. The highest BCUT2D eigenvalue weighted by Crippen LogP contribution is 2.43. The van der Waals surface area contributed by atoms with Gasteiger partial charge < -0.3 is 25.2 Å². The molecule has 49 heavy (non-hydrogen) atoms. The summed E-state index contributed by atoms with van der Waals surface area (Å²) in [6.07, 6.45) is 30.1.